The monoisotopic (exact) mass is 320 g/mol. The van der Waals surface area contributed by atoms with E-state index in [1.54, 1.807) is 0 Å². The van der Waals surface area contributed by atoms with Crippen LogP contribution >= 0.6 is 0 Å². The van der Waals surface area contributed by atoms with E-state index in [4.69, 9.17) is 4.74 Å². The lowest BCUT2D eigenvalue weighted by atomic mass is 9.87. The van der Waals surface area contributed by atoms with Crippen molar-refractivity contribution in [2.45, 2.75) is 38.3 Å². The van der Waals surface area contributed by atoms with Gasteiger partial charge in [0.05, 0.1) is 0 Å². The largest absolute Gasteiger partial charge is 0.480 e. The summed E-state index contributed by atoms with van der Waals surface area (Å²) in [6.45, 7) is 6.54. The Kier molecular flexibility index (Phi) is 7.02. The Bertz CT molecular complexity index is 470. The number of benzene rings is 1. The van der Waals surface area contributed by atoms with E-state index in [9.17, 15) is 9.90 Å². The number of carboxylic acid groups (broad SMARTS) is 1. The van der Waals surface area contributed by atoms with Gasteiger partial charge in [-0.1, -0.05) is 30.3 Å². The SMILES string of the molecule is CCOCCCNC1(C(=O)O)CCN(Cc2ccccc2)CC1. The highest BCUT2D eigenvalue weighted by atomic mass is 16.5. The molecule has 0 aliphatic carbocycles. The molecule has 0 aromatic heterocycles. The molecule has 1 aromatic rings. The van der Waals surface area contributed by atoms with Crippen LogP contribution in [0.5, 0.6) is 0 Å². The Hall–Kier alpha value is -1.43. The Labute approximate surface area is 138 Å². The lowest BCUT2D eigenvalue weighted by molar-refractivity contribution is -0.147. The van der Waals surface area contributed by atoms with E-state index in [-0.39, 0.29) is 0 Å². The van der Waals surface area contributed by atoms with Crippen molar-refractivity contribution in [3.63, 3.8) is 0 Å². The van der Waals surface area contributed by atoms with Gasteiger partial charge < -0.3 is 15.2 Å². The normalized spacial score (nSPS) is 18.0. The number of rotatable bonds is 9. The van der Waals surface area contributed by atoms with E-state index < -0.39 is 11.5 Å². The minimum atomic E-state index is -0.778. The van der Waals surface area contributed by atoms with Crippen LogP contribution in [-0.2, 0) is 16.1 Å². The molecule has 23 heavy (non-hydrogen) atoms. The molecule has 1 saturated heterocycles. The van der Waals surface area contributed by atoms with E-state index in [1.165, 1.54) is 5.56 Å². The lowest BCUT2D eigenvalue weighted by Gasteiger charge is -2.39. The van der Waals surface area contributed by atoms with Crippen molar-refractivity contribution < 1.29 is 14.6 Å². The Morgan fingerprint density at radius 1 is 1.30 bits per heavy atom. The average molecular weight is 320 g/mol. The zero-order valence-electron chi connectivity index (χ0n) is 14.0. The molecule has 1 aliphatic heterocycles. The quantitative estimate of drug-likeness (QED) is 0.683. The molecule has 1 fully saturated rings. The summed E-state index contributed by atoms with van der Waals surface area (Å²) in [4.78, 5) is 14.1. The van der Waals surface area contributed by atoms with Crippen LogP contribution in [0.4, 0.5) is 0 Å². The van der Waals surface area contributed by atoms with Crippen LogP contribution in [0, 0.1) is 0 Å². The van der Waals surface area contributed by atoms with Gasteiger partial charge in [-0.25, -0.2) is 0 Å². The highest BCUT2D eigenvalue weighted by molar-refractivity contribution is 5.79. The van der Waals surface area contributed by atoms with Crippen molar-refractivity contribution in [1.82, 2.24) is 10.2 Å². The van der Waals surface area contributed by atoms with Crippen LogP contribution in [0.1, 0.15) is 31.7 Å². The Morgan fingerprint density at radius 3 is 2.61 bits per heavy atom. The van der Waals surface area contributed by atoms with Crippen LogP contribution < -0.4 is 5.32 Å². The first kappa shape index (κ1) is 17.9. The third-order valence-electron chi connectivity index (χ3n) is 4.50. The summed E-state index contributed by atoms with van der Waals surface area (Å²) in [6, 6.07) is 10.3. The van der Waals surface area contributed by atoms with Crippen molar-refractivity contribution in [3.05, 3.63) is 35.9 Å². The van der Waals surface area contributed by atoms with Gasteiger partial charge in [0, 0.05) is 32.8 Å². The van der Waals surface area contributed by atoms with Crippen LogP contribution in [0.3, 0.4) is 0 Å². The molecule has 0 radical (unpaired) electrons. The fourth-order valence-corrected chi connectivity index (χ4v) is 3.05. The maximum Gasteiger partial charge on any atom is 0.323 e. The average Bonchev–Trinajstić information content (AvgIpc) is 2.57. The summed E-state index contributed by atoms with van der Waals surface area (Å²) in [7, 11) is 0. The zero-order chi connectivity index (χ0) is 16.5. The first-order valence-corrected chi connectivity index (χ1v) is 8.49. The molecule has 2 rings (SSSR count). The van der Waals surface area contributed by atoms with Gasteiger partial charge >= 0.3 is 5.97 Å². The molecule has 0 saturated carbocycles. The highest BCUT2D eigenvalue weighted by Gasteiger charge is 2.40. The van der Waals surface area contributed by atoms with Gasteiger partial charge in [-0.05, 0) is 38.3 Å². The second-order valence-electron chi connectivity index (χ2n) is 6.13. The van der Waals surface area contributed by atoms with Gasteiger partial charge in [-0.15, -0.1) is 0 Å². The van der Waals surface area contributed by atoms with Gasteiger partial charge in [0.1, 0.15) is 5.54 Å². The lowest BCUT2D eigenvalue weighted by Crippen LogP contribution is -2.58. The minimum Gasteiger partial charge on any atom is -0.480 e. The number of hydrogen-bond acceptors (Lipinski definition) is 4. The summed E-state index contributed by atoms with van der Waals surface area (Å²) in [5.74, 6) is -0.728. The molecular weight excluding hydrogens is 292 g/mol. The summed E-state index contributed by atoms with van der Waals surface area (Å²) < 4.78 is 5.30. The van der Waals surface area contributed by atoms with E-state index in [0.717, 1.165) is 26.1 Å². The van der Waals surface area contributed by atoms with E-state index >= 15 is 0 Å². The van der Waals surface area contributed by atoms with E-state index in [2.05, 4.69) is 22.3 Å². The molecule has 0 atom stereocenters. The number of carbonyl (C=O) groups is 1. The number of nitrogens with zero attached hydrogens (tertiary/aromatic N) is 1. The number of carboxylic acids is 1. The third kappa shape index (κ3) is 5.30. The van der Waals surface area contributed by atoms with Crippen LogP contribution in [0.15, 0.2) is 30.3 Å². The van der Waals surface area contributed by atoms with Crippen LogP contribution in [-0.4, -0.2) is 54.4 Å². The number of ether oxygens (including phenoxy) is 1. The van der Waals surface area contributed by atoms with E-state index in [1.807, 2.05) is 25.1 Å². The molecule has 1 aromatic carbocycles. The summed E-state index contributed by atoms with van der Waals surface area (Å²) in [6.07, 6.45) is 2.13. The summed E-state index contributed by atoms with van der Waals surface area (Å²) in [5.41, 5.74) is 0.499. The molecule has 0 amide bonds. The predicted molar refractivity (Wildman–Crippen MR) is 90.4 cm³/mol. The fraction of sp³-hybridized carbons (Fsp3) is 0.611. The zero-order valence-corrected chi connectivity index (χ0v) is 14.0. The molecule has 5 nitrogen and oxygen atoms in total. The van der Waals surface area contributed by atoms with Crippen LogP contribution in [0.2, 0.25) is 0 Å². The van der Waals surface area contributed by atoms with Gasteiger partial charge in [-0.2, -0.15) is 0 Å². The molecule has 5 heteroatoms. The third-order valence-corrected chi connectivity index (χ3v) is 4.50. The van der Waals surface area contributed by atoms with Gasteiger partial charge in [0.15, 0.2) is 0 Å². The molecule has 1 heterocycles. The molecule has 1 aliphatic rings. The fourth-order valence-electron chi connectivity index (χ4n) is 3.05. The molecule has 0 bridgehead atoms. The van der Waals surface area contributed by atoms with Gasteiger partial charge in [0.2, 0.25) is 0 Å². The highest BCUT2D eigenvalue weighted by Crippen LogP contribution is 2.24. The van der Waals surface area contributed by atoms with Crippen molar-refractivity contribution in [2.24, 2.45) is 0 Å². The number of aliphatic carboxylic acids is 1. The summed E-state index contributed by atoms with van der Waals surface area (Å²) in [5, 5.41) is 12.9. The Morgan fingerprint density at radius 2 is 2.00 bits per heavy atom. The molecule has 0 unspecified atom stereocenters. The Balaban J connectivity index is 1.81. The maximum absolute atomic E-state index is 11.7. The molecule has 0 spiro atoms. The molecular formula is C18H28N2O3. The van der Waals surface area contributed by atoms with Crippen molar-refractivity contribution in [2.75, 3.05) is 32.8 Å². The minimum absolute atomic E-state index is 0.643. The van der Waals surface area contributed by atoms with Crippen molar-refractivity contribution >= 4 is 5.97 Å². The van der Waals surface area contributed by atoms with Crippen molar-refractivity contribution in [3.8, 4) is 0 Å². The second-order valence-corrected chi connectivity index (χ2v) is 6.13. The summed E-state index contributed by atoms with van der Waals surface area (Å²) >= 11 is 0. The standard InChI is InChI=1S/C18H28N2O3/c1-2-23-14-6-11-19-18(17(21)22)9-12-20(13-10-18)15-16-7-4-3-5-8-16/h3-5,7-8,19H,2,6,9-15H2,1H3,(H,21,22). The smallest absolute Gasteiger partial charge is 0.323 e. The van der Waals surface area contributed by atoms with Crippen molar-refractivity contribution in [1.29, 1.82) is 0 Å². The topological polar surface area (TPSA) is 61.8 Å². The van der Waals surface area contributed by atoms with E-state index in [0.29, 0.717) is 32.6 Å². The maximum atomic E-state index is 11.7. The first-order valence-electron chi connectivity index (χ1n) is 8.49. The second kappa shape index (κ2) is 9.01. The molecule has 128 valence electrons. The number of likely N-dealkylation sites (tertiary alicyclic amines) is 1. The molecule has 2 N–H and O–H groups in total. The van der Waals surface area contributed by atoms with Gasteiger partial charge in [-0.3, -0.25) is 9.69 Å². The number of piperidine rings is 1. The van der Waals surface area contributed by atoms with Crippen LogP contribution in [0.25, 0.3) is 0 Å². The predicted octanol–water partition coefficient (Wildman–Crippen LogP) is 2.12. The number of hydrogen-bond donors (Lipinski definition) is 2. The number of nitrogens with one attached hydrogen (secondary N) is 1. The van der Waals surface area contributed by atoms with Gasteiger partial charge in [0.25, 0.3) is 0 Å². The first-order chi connectivity index (χ1) is 11.2.